The van der Waals surface area contributed by atoms with Crippen molar-refractivity contribution in [1.82, 2.24) is 10.3 Å². The van der Waals surface area contributed by atoms with Gasteiger partial charge in [-0.15, -0.1) is 0 Å². The van der Waals surface area contributed by atoms with Gasteiger partial charge in [-0.2, -0.15) is 0 Å². The third-order valence-corrected chi connectivity index (χ3v) is 4.41. The highest BCUT2D eigenvalue weighted by Crippen LogP contribution is 2.25. The summed E-state index contributed by atoms with van der Waals surface area (Å²) in [7, 11) is 0. The number of hydrogen-bond acceptors (Lipinski definition) is 5. The number of carbonyl (C=O) groups is 1. The highest BCUT2D eigenvalue weighted by molar-refractivity contribution is 7.18. The van der Waals surface area contributed by atoms with Gasteiger partial charge in [0.05, 0.1) is 0 Å². The largest absolute Gasteiger partial charge is 0.382 e. The Morgan fingerprint density at radius 1 is 1.35 bits per heavy atom. The van der Waals surface area contributed by atoms with E-state index < -0.39 is 0 Å². The van der Waals surface area contributed by atoms with Gasteiger partial charge < -0.3 is 16.4 Å². The zero-order chi connectivity index (χ0) is 15.3. The summed E-state index contributed by atoms with van der Waals surface area (Å²) >= 11 is 1.31. The van der Waals surface area contributed by atoms with Crippen LogP contribution < -0.4 is 16.4 Å². The summed E-state index contributed by atoms with van der Waals surface area (Å²) in [6.07, 6.45) is 1.03. The number of aromatic nitrogens is 1. The van der Waals surface area contributed by atoms with Gasteiger partial charge in [0.2, 0.25) is 0 Å². The highest BCUT2D eigenvalue weighted by Gasteiger charge is 2.19. The molecule has 5 nitrogen and oxygen atoms in total. The molecule has 2 atom stereocenters. The van der Waals surface area contributed by atoms with Crippen LogP contribution in [0.1, 0.15) is 50.7 Å². The predicted molar refractivity (Wildman–Crippen MR) is 86.2 cm³/mol. The number of nitrogen functional groups attached to an aromatic ring is 1. The molecule has 0 bridgehead atoms. The third-order valence-electron chi connectivity index (χ3n) is 3.38. The van der Waals surface area contributed by atoms with Crippen molar-refractivity contribution >= 4 is 28.2 Å². The Morgan fingerprint density at radius 2 is 2.00 bits per heavy atom. The number of rotatable bonds is 7. The van der Waals surface area contributed by atoms with Gasteiger partial charge in [0.1, 0.15) is 10.7 Å². The molecule has 0 saturated heterocycles. The van der Waals surface area contributed by atoms with Crippen molar-refractivity contribution in [2.24, 2.45) is 11.8 Å². The zero-order valence-electron chi connectivity index (χ0n) is 13.0. The van der Waals surface area contributed by atoms with Gasteiger partial charge >= 0.3 is 0 Å². The first-order chi connectivity index (χ1) is 9.35. The van der Waals surface area contributed by atoms with E-state index in [2.05, 4.69) is 43.3 Å². The number of amides is 1. The van der Waals surface area contributed by atoms with Crippen LogP contribution in [0.5, 0.6) is 0 Å². The van der Waals surface area contributed by atoms with E-state index in [0.717, 1.165) is 13.0 Å². The minimum Gasteiger partial charge on any atom is -0.382 e. The summed E-state index contributed by atoms with van der Waals surface area (Å²) in [5.74, 6) is 1.12. The summed E-state index contributed by atoms with van der Waals surface area (Å²) in [6, 6.07) is 0.126. The molecular weight excluding hydrogens is 272 g/mol. The molecule has 2 unspecified atom stereocenters. The molecule has 0 radical (unpaired) electrons. The van der Waals surface area contributed by atoms with Gasteiger partial charge in [-0.25, -0.2) is 4.98 Å². The van der Waals surface area contributed by atoms with Gasteiger partial charge in [-0.1, -0.05) is 45.5 Å². The van der Waals surface area contributed by atoms with E-state index in [1.807, 2.05) is 6.92 Å². The van der Waals surface area contributed by atoms with Crippen molar-refractivity contribution in [1.29, 1.82) is 0 Å². The fourth-order valence-electron chi connectivity index (χ4n) is 1.63. The van der Waals surface area contributed by atoms with Gasteiger partial charge in [0.25, 0.3) is 5.91 Å². The number of nitrogens with two attached hydrogens (primary N) is 1. The van der Waals surface area contributed by atoms with E-state index in [-0.39, 0.29) is 11.9 Å². The molecule has 0 aliphatic rings. The van der Waals surface area contributed by atoms with Gasteiger partial charge in [0, 0.05) is 12.6 Å². The van der Waals surface area contributed by atoms with E-state index in [0.29, 0.717) is 27.7 Å². The molecule has 114 valence electrons. The second kappa shape index (κ2) is 7.47. The van der Waals surface area contributed by atoms with Crippen LogP contribution in [0, 0.1) is 11.8 Å². The molecule has 1 amide bonds. The quantitative estimate of drug-likeness (QED) is 0.723. The Kier molecular flexibility index (Phi) is 6.26. The Morgan fingerprint density at radius 3 is 2.55 bits per heavy atom. The Balaban J connectivity index is 2.68. The van der Waals surface area contributed by atoms with Gasteiger partial charge in [-0.3, -0.25) is 4.79 Å². The highest BCUT2D eigenvalue weighted by atomic mass is 32.1. The number of hydrogen-bond donors (Lipinski definition) is 3. The number of thiazole rings is 1. The van der Waals surface area contributed by atoms with Gasteiger partial charge in [-0.05, 0) is 18.8 Å². The topological polar surface area (TPSA) is 80.0 Å². The van der Waals surface area contributed by atoms with Crippen LogP contribution in [0.25, 0.3) is 0 Å². The van der Waals surface area contributed by atoms with Crippen molar-refractivity contribution in [3.05, 3.63) is 4.88 Å². The Hall–Kier alpha value is -1.30. The van der Waals surface area contributed by atoms with Crippen LogP contribution in [0.3, 0.4) is 0 Å². The first kappa shape index (κ1) is 16.8. The second-order valence-electron chi connectivity index (χ2n) is 5.66. The third kappa shape index (κ3) is 4.67. The first-order valence-corrected chi connectivity index (χ1v) is 7.97. The summed E-state index contributed by atoms with van der Waals surface area (Å²) < 4.78 is 0. The van der Waals surface area contributed by atoms with Crippen LogP contribution in [0.2, 0.25) is 0 Å². The Labute approximate surface area is 125 Å². The molecule has 0 aliphatic carbocycles. The maximum atomic E-state index is 12.2. The van der Waals surface area contributed by atoms with Crippen molar-refractivity contribution in [3.8, 4) is 0 Å². The summed E-state index contributed by atoms with van der Waals surface area (Å²) in [4.78, 5) is 16.9. The summed E-state index contributed by atoms with van der Waals surface area (Å²) in [5, 5.41) is 6.89. The number of nitrogens with one attached hydrogen (secondary N) is 2. The number of anilines is 2. The molecule has 0 saturated carbocycles. The van der Waals surface area contributed by atoms with E-state index in [9.17, 15) is 4.79 Å². The SMILES string of the molecule is CCC(C)C(C)NC(=O)c1sc(NCC(C)C)nc1N. The van der Waals surface area contributed by atoms with E-state index in [1.54, 1.807) is 0 Å². The average molecular weight is 298 g/mol. The number of nitrogens with zero attached hydrogens (tertiary/aromatic N) is 1. The molecule has 20 heavy (non-hydrogen) atoms. The standard InChI is InChI=1S/C14H26N4OS/c1-6-9(4)10(5)17-13(19)11-12(15)18-14(20-11)16-7-8(2)3/h8-10H,6-7,15H2,1-5H3,(H,16,18)(H,17,19). The molecular formula is C14H26N4OS. The van der Waals surface area contributed by atoms with Crippen LogP contribution in [0.4, 0.5) is 10.9 Å². The smallest absolute Gasteiger partial charge is 0.265 e. The monoisotopic (exact) mass is 298 g/mol. The average Bonchev–Trinajstić information content (AvgIpc) is 2.76. The molecule has 0 spiro atoms. The van der Waals surface area contributed by atoms with Crippen molar-refractivity contribution in [2.45, 2.75) is 47.1 Å². The lowest BCUT2D eigenvalue weighted by molar-refractivity contribution is 0.0933. The van der Waals surface area contributed by atoms with E-state index >= 15 is 0 Å². The lowest BCUT2D eigenvalue weighted by Crippen LogP contribution is -2.36. The normalized spacial score (nSPS) is 14.1. The summed E-state index contributed by atoms with van der Waals surface area (Å²) in [5.41, 5.74) is 5.83. The predicted octanol–water partition coefficient (Wildman–Crippen LogP) is 2.96. The first-order valence-electron chi connectivity index (χ1n) is 7.16. The molecule has 1 aromatic heterocycles. The van der Waals surface area contributed by atoms with Crippen LogP contribution in [-0.2, 0) is 0 Å². The Bertz CT molecular complexity index is 444. The molecule has 4 N–H and O–H groups in total. The second-order valence-corrected chi connectivity index (χ2v) is 6.65. The van der Waals surface area contributed by atoms with Crippen LogP contribution >= 0.6 is 11.3 Å². The lowest BCUT2D eigenvalue weighted by atomic mass is 10.0. The summed E-state index contributed by atoms with van der Waals surface area (Å²) in [6.45, 7) is 11.3. The molecule has 0 fully saturated rings. The van der Waals surface area contributed by atoms with Crippen molar-refractivity contribution < 1.29 is 4.79 Å². The fraction of sp³-hybridized carbons (Fsp3) is 0.714. The zero-order valence-corrected chi connectivity index (χ0v) is 13.8. The molecule has 0 aromatic carbocycles. The lowest BCUT2D eigenvalue weighted by Gasteiger charge is -2.19. The maximum absolute atomic E-state index is 12.2. The van der Waals surface area contributed by atoms with E-state index in [1.165, 1.54) is 11.3 Å². The molecule has 1 rings (SSSR count). The van der Waals surface area contributed by atoms with Crippen LogP contribution in [0.15, 0.2) is 0 Å². The van der Waals surface area contributed by atoms with Crippen molar-refractivity contribution in [3.63, 3.8) is 0 Å². The van der Waals surface area contributed by atoms with E-state index in [4.69, 9.17) is 5.73 Å². The minimum absolute atomic E-state index is 0.126. The van der Waals surface area contributed by atoms with Gasteiger partial charge in [0.15, 0.2) is 5.13 Å². The minimum atomic E-state index is -0.134. The molecule has 1 heterocycles. The fourth-order valence-corrected chi connectivity index (χ4v) is 2.42. The van der Waals surface area contributed by atoms with Crippen LogP contribution in [-0.4, -0.2) is 23.5 Å². The molecule has 1 aromatic rings. The number of carbonyl (C=O) groups excluding carboxylic acids is 1. The maximum Gasteiger partial charge on any atom is 0.265 e. The van der Waals surface area contributed by atoms with Crippen molar-refractivity contribution in [2.75, 3.05) is 17.6 Å². The molecule has 6 heteroatoms. The molecule has 0 aliphatic heterocycles.